The molecule has 0 radical (unpaired) electrons. The van der Waals surface area contributed by atoms with E-state index in [4.69, 9.17) is 23.2 Å². The zero-order valence-corrected chi connectivity index (χ0v) is 22.4. The zero-order chi connectivity index (χ0) is 26.5. The third kappa shape index (κ3) is 6.37. The highest BCUT2D eigenvalue weighted by Crippen LogP contribution is 2.30. The number of likely N-dealkylation sites (N-methyl/N-ethyl adjacent to an activating group) is 1. The second-order valence-corrected chi connectivity index (χ2v) is 10.9. The Morgan fingerprint density at radius 3 is 2.25 bits per heavy atom. The van der Waals surface area contributed by atoms with Gasteiger partial charge in [-0.05, 0) is 61.4 Å². The molecule has 3 aromatic carbocycles. The van der Waals surface area contributed by atoms with Crippen LogP contribution in [0.1, 0.15) is 18.1 Å². The molecule has 10 heteroatoms. The fraction of sp³-hybridized carbons (Fsp3) is 0.231. The molecule has 2 amide bonds. The standard InChI is InChI=1S/C26H27Cl2N3O4S/c1-18-12-13-22(28)15-24(18)31(36(34,35)23-10-5-4-6-11-23)17-25(32)30(19(2)26(33)29-3)16-20-8-7-9-21(27)14-20/h4-15,19H,16-17H2,1-3H3,(H,29,33)/t19-/m0/s1. The fourth-order valence-corrected chi connectivity index (χ4v) is 5.58. The Labute approximate surface area is 221 Å². The van der Waals surface area contributed by atoms with Crippen LogP contribution in [0.2, 0.25) is 10.0 Å². The molecule has 0 saturated carbocycles. The van der Waals surface area contributed by atoms with Gasteiger partial charge in [0, 0.05) is 23.6 Å². The molecule has 0 spiro atoms. The first-order valence-electron chi connectivity index (χ1n) is 11.1. The summed E-state index contributed by atoms with van der Waals surface area (Å²) in [5, 5.41) is 3.35. The van der Waals surface area contributed by atoms with E-state index in [0.29, 0.717) is 21.2 Å². The number of halogens is 2. The first kappa shape index (κ1) is 27.5. The molecule has 0 aromatic heterocycles. The van der Waals surface area contributed by atoms with Gasteiger partial charge in [0.05, 0.1) is 10.6 Å². The van der Waals surface area contributed by atoms with Crippen molar-refractivity contribution in [3.63, 3.8) is 0 Å². The van der Waals surface area contributed by atoms with Crippen molar-refractivity contribution in [3.05, 3.63) is 94.0 Å². The molecule has 0 bridgehead atoms. The van der Waals surface area contributed by atoms with Crippen LogP contribution in [0.25, 0.3) is 0 Å². The van der Waals surface area contributed by atoms with Gasteiger partial charge in [0.15, 0.2) is 0 Å². The van der Waals surface area contributed by atoms with Crippen LogP contribution >= 0.6 is 23.2 Å². The van der Waals surface area contributed by atoms with E-state index in [9.17, 15) is 18.0 Å². The van der Waals surface area contributed by atoms with Gasteiger partial charge >= 0.3 is 0 Å². The molecule has 190 valence electrons. The molecule has 0 saturated heterocycles. The van der Waals surface area contributed by atoms with Crippen LogP contribution in [-0.4, -0.2) is 44.8 Å². The average Bonchev–Trinajstić information content (AvgIpc) is 2.86. The number of anilines is 1. The molecule has 1 atom stereocenters. The van der Waals surface area contributed by atoms with Crippen molar-refractivity contribution in [2.24, 2.45) is 0 Å². The summed E-state index contributed by atoms with van der Waals surface area (Å²) in [6.45, 7) is 2.84. The molecule has 0 unspecified atom stereocenters. The van der Waals surface area contributed by atoms with Crippen molar-refractivity contribution in [3.8, 4) is 0 Å². The van der Waals surface area contributed by atoms with Crippen LogP contribution < -0.4 is 9.62 Å². The Bertz CT molecular complexity index is 1350. The van der Waals surface area contributed by atoms with E-state index in [1.54, 1.807) is 68.4 Å². The van der Waals surface area contributed by atoms with Crippen LogP contribution in [0.15, 0.2) is 77.7 Å². The number of nitrogens with zero attached hydrogens (tertiary/aromatic N) is 2. The van der Waals surface area contributed by atoms with Crippen molar-refractivity contribution >= 4 is 50.7 Å². The Morgan fingerprint density at radius 2 is 1.61 bits per heavy atom. The van der Waals surface area contributed by atoms with Gasteiger partial charge in [-0.3, -0.25) is 13.9 Å². The number of benzene rings is 3. The second kappa shape index (κ2) is 11.8. The molecule has 3 aromatic rings. The number of rotatable bonds is 9. The first-order valence-corrected chi connectivity index (χ1v) is 13.3. The molecular formula is C26H27Cl2N3O4S. The Balaban J connectivity index is 2.07. The number of amides is 2. The van der Waals surface area contributed by atoms with Gasteiger partial charge in [-0.2, -0.15) is 0 Å². The summed E-state index contributed by atoms with van der Waals surface area (Å²) in [4.78, 5) is 27.6. The first-order chi connectivity index (χ1) is 17.0. The predicted molar refractivity (Wildman–Crippen MR) is 143 cm³/mol. The summed E-state index contributed by atoms with van der Waals surface area (Å²) in [5.41, 5.74) is 1.59. The van der Waals surface area contributed by atoms with Crippen molar-refractivity contribution < 1.29 is 18.0 Å². The molecule has 0 aliphatic carbocycles. The number of hydrogen-bond acceptors (Lipinski definition) is 4. The molecule has 0 aliphatic heterocycles. The van der Waals surface area contributed by atoms with E-state index in [1.807, 2.05) is 0 Å². The van der Waals surface area contributed by atoms with Crippen LogP contribution in [0.3, 0.4) is 0 Å². The van der Waals surface area contributed by atoms with Crippen LogP contribution in [-0.2, 0) is 26.2 Å². The van der Waals surface area contributed by atoms with E-state index >= 15 is 0 Å². The highest BCUT2D eigenvalue weighted by Gasteiger charge is 2.33. The molecule has 0 aliphatic rings. The average molecular weight is 548 g/mol. The van der Waals surface area contributed by atoms with Gasteiger partial charge in [0.2, 0.25) is 11.8 Å². The molecule has 1 N–H and O–H groups in total. The smallest absolute Gasteiger partial charge is 0.264 e. The summed E-state index contributed by atoms with van der Waals surface area (Å²) >= 11 is 12.3. The number of hydrogen-bond donors (Lipinski definition) is 1. The Hall–Kier alpha value is -3.07. The van der Waals surface area contributed by atoms with E-state index < -0.39 is 28.5 Å². The quantitative estimate of drug-likeness (QED) is 0.422. The minimum atomic E-state index is -4.15. The largest absolute Gasteiger partial charge is 0.357 e. The van der Waals surface area contributed by atoms with Crippen molar-refractivity contribution in [1.82, 2.24) is 10.2 Å². The lowest BCUT2D eigenvalue weighted by atomic mass is 10.1. The minimum Gasteiger partial charge on any atom is -0.357 e. The third-order valence-electron chi connectivity index (χ3n) is 5.71. The van der Waals surface area contributed by atoms with Gasteiger partial charge in [-0.1, -0.05) is 59.6 Å². The van der Waals surface area contributed by atoms with E-state index in [1.165, 1.54) is 30.1 Å². The summed E-state index contributed by atoms with van der Waals surface area (Å²) in [5.74, 6) is -0.952. The van der Waals surface area contributed by atoms with E-state index in [0.717, 1.165) is 4.31 Å². The number of aryl methyl sites for hydroxylation is 1. The lowest BCUT2D eigenvalue weighted by Crippen LogP contribution is -2.50. The number of sulfonamides is 1. The third-order valence-corrected chi connectivity index (χ3v) is 7.95. The van der Waals surface area contributed by atoms with E-state index in [-0.39, 0.29) is 23.0 Å². The highest BCUT2D eigenvalue weighted by atomic mass is 35.5. The topological polar surface area (TPSA) is 86.8 Å². The van der Waals surface area contributed by atoms with Crippen LogP contribution in [0.4, 0.5) is 5.69 Å². The molecular weight excluding hydrogens is 521 g/mol. The number of nitrogens with one attached hydrogen (secondary N) is 1. The van der Waals surface area contributed by atoms with Crippen LogP contribution in [0.5, 0.6) is 0 Å². The van der Waals surface area contributed by atoms with Crippen molar-refractivity contribution in [1.29, 1.82) is 0 Å². The minimum absolute atomic E-state index is 0.0258. The van der Waals surface area contributed by atoms with E-state index in [2.05, 4.69) is 5.32 Å². The maximum Gasteiger partial charge on any atom is 0.264 e. The van der Waals surface area contributed by atoms with Crippen LogP contribution in [0, 0.1) is 6.92 Å². The van der Waals surface area contributed by atoms with Gasteiger partial charge < -0.3 is 10.2 Å². The maximum atomic E-state index is 13.7. The second-order valence-electron chi connectivity index (χ2n) is 8.20. The van der Waals surface area contributed by atoms with Crippen molar-refractivity contribution in [2.45, 2.75) is 31.3 Å². The Morgan fingerprint density at radius 1 is 0.944 bits per heavy atom. The monoisotopic (exact) mass is 547 g/mol. The van der Waals surface area contributed by atoms with Gasteiger partial charge in [0.25, 0.3) is 10.0 Å². The normalized spacial score (nSPS) is 12.0. The molecule has 0 fully saturated rings. The summed E-state index contributed by atoms with van der Waals surface area (Å²) < 4.78 is 28.5. The lowest BCUT2D eigenvalue weighted by Gasteiger charge is -2.32. The summed E-state index contributed by atoms with van der Waals surface area (Å²) in [6.07, 6.45) is 0. The molecule has 3 rings (SSSR count). The zero-order valence-electron chi connectivity index (χ0n) is 20.1. The molecule has 0 heterocycles. The predicted octanol–water partition coefficient (Wildman–Crippen LogP) is 4.66. The van der Waals surface area contributed by atoms with Gasteiger partial charge in [-0.15, -0.1) is 0 Å². The molecule has 36 heavy (non-hydrogen) atoms. The fourth-order valence-electron chi connectivity index (χ4n) is 3.71. The van der Waals surface area contributed by atoms with Gasteiger partial charge in [0.1, 0.15) is 12.6 Å². The Kier molecular flexibility index (Phi) is 9.00. The summed E-state index contributed by atoms with van der Waals surface area (Å²) in [7, 11) is -2.67. The van der Waals surface area contributed by atoms with Crippen molar-refractivity contribution in [2.75, 3.05) is 17.9 Å². The number of carbonyl (C=O) groups is 2. The SMILES string of the molecule is CNC(=O)[C@H](C)N(Cc1cccc(Cl)c1)C(=O)CN(c1cc(Cl)ccc1C)S(=O)(=O)c1ccccc1. The maximum absolute atomic E-state index is 13.7. The lowest BCUT2D eigenvalue weighted by molar-refractivity contribution is -0.139. The highest BCUT2D eigenvalue weighted by molar-refractivity contribution is 7.92. The number of carbonyl (C=O) groups excluding carboxylic acids is 2. The summed E-state index contributed by atoms with van der Waals surface area (Å²) in [6, 6.07) is 18.7. The van der Waals surface area contributed by atoms with Gasteiger partial charge in [-0.25, -0.2) is 8.42 Å². The molecule has 7 nitrogen and oxygen atoms in total.